The number of guanidine groups is 1. The molecule has 0 saturated carbocycles. The van der Waals surface area contributed by atoms with Gasteiger partial charge >= 0.3 is 0 Å². The summed E-state index contributed by atoms with van der Waals surface area (Å²) in [6.07, 6.45) is 3.59. The molecular formula is C19H33IN4O. The molecule has 1 aliphatic rings. The normalized spacial score (nSPS) is 16.3. The highest BCUT2D eigenvalue weighted by Gasteiger charge is 2.23. The summed E-state index contributed by atoms with van der Waals surface area (Å²) >= 11 is 0. The van der Waals surface area contributed by atoms with Crippen molar-refractivity contribution < 1.29 is 4.74 Å². The van der Waals surface area contributed by atoms with Gasteiger partial charge in [0.05, 0.1) is 6.04 Å². The van der Waals surface area contributed by atoms with E-state index in [9.17, 15) is 0 Å². The lowest BCUT2D eigenvalue weighted by atomic mass is 10.1. The van der Waals surface area contributed by atoms with E-state index < -0.39 is 0 Å². The van der Waals surface area contributed by atoms with E-state index in [0.29, 0.717) is 6.04 Å². The molecule has 142 valence electrons. The fourth-order valence-electron chi connectivity index (χ4n) is 3.13. The first-order valence-electron chi connectivity index (χ1n) is 9.16. The Morgan fingerprint density at radius 2 is 1.92 bits per heavy atom. The van der Waals surface area contributed by atoms with Gasteiger partial charge in [-0.15, -0.1) is 24.0 Å². The van der Waals surface area contributed by atoms with Crippen LogP contribution in [-0.2, 0) is 4.74 Å². The highest BCUT2D eigenvalue weighted by molar-refractivity contribution is 14.0. The van der Waals surface area contributed by atoms with Crippen LogP contribution >= 0.6 is 24.0 Å². The third-order valence-electron chi connectivity index (χ3n) is 4.41. The van der Waals surface area contributed by atoms with Crippen LogP contribution in [0.5, 0.6) is 0 Å². The first kappa shape index (κ1) is 22.2. The predicted octanol–water partition coefficient (Wildman–Crippen LogP) is 3.03. The molecule has 0 aliphatic carbocycles. The van der Waals surface area contributed by atoms with Gasteiger partial charge < -0.3 is 15.4 Å². The Hall–Kier alpha value is -0.860. The highest BCUT2D eigenvalue weighted by atomic mass is 127. The van der Waals surface area contributed by atoms with Crippen LogP contribution in [0.1, 0.15) is 37.8 Å². The van der Waals surface area contributed by atoms with Crippen LogP contribution in [0.15, 0.2) is 35.3 Å². The van der Waals surface area contributed by atoms with Crippen molar-refractivity contribution >= 4 is 29.9 Å². The molecule has 1 saturated heterocycles. The van der Waals surface area contributed by atoms with E-state index in [1.165, 1.54) is 31.5 Å². The van der Waals surface area contributed by atoms with Gasteiger partial charge in [0.1, 0.15) is 0 Å². The third-order valence-corrected chi connectivity index (χ3v) is 4.41. The lowest BCUT2D eigenvalue weighted by molar-refractivity contribution is 0.145. The average Bonchev–Trinajstić information content (AvgIpc) is 3.15. The van der Waals surface area contributed by atoms with Crippen molar-refractivity contribution in [2.45, 2.75) is 32.2 Å². The van der Waals surface area contributed by atoms with Gasteiger partial charge in [-0.05, 0) is 44.8 Å². The third kappa shape index (κ3) is 7.92. The van der Waals surface area contributed by atoms with Gasteiger partial charge in [-0.25, -0.2) is 0 Å². The van der Waals surface area contributed by atoms with Crippen molar-refractivity contribution in [3.05, 3.63) is 35.9 Å². The first-order chi connectivity index (χ1) is 11.8. The summed E-state index contributed by atoms with van der Waals surface area (Å²) in [4.78, 5) is 6.91. The minimum absolute atomic E-state index is 0. The van der Waals surface area contributed by atoms with Gasteiger partial charge in [-0.1, -0.05) is 30.3 Å². The number of hydrogen-bond acceptors (Lipinski definition) is 3. The number of aliphatic imine (C=N–C) groups is 1. The van der Waals surface area contributed by atoms with Crippen molar-refractivity contribution in [2.24, 2.45) is 4.99 Å². The summed E-state index contributed by atoms with van der Waals surface area (Å²) in [6, 6.07) is 11.2. The molecule has 5 nitrogen and oxygen atoms in total. The summed E-state index contributed by atoms with van der Waals surface area (Å²) in [5.41, 5.74) is 1.37. The molecule has 1 aliphatic heterocycles. The Balaban J connectivity index is 0.00000312. The van der Waals surface area contributed by atoms with E-state index in [4.69, 9.17) is 4.74 Å². The number of rotatable bonds is 9. The summed E-state index contributed by atoms with van der Waals surface area (Å²) in [7, 11) is 1.82. The number of nitrogens with one attached hydrogen (secondary N) is 2. The Bertz CT molecular complexity index is 478. The molecule has 1 aromatic carbocycles. The molecule has 1 fully saturated rings. The van der Waals surface area contributed by atoms with E-state index in [0.717, 1.165) is 38.7 Å². The summed E-state index contributed by atoms with van der Waals surface area (Å²) in [5, 5.41) is 6.86. The molecule has 0 radical (unpaired) electrons. The Labute approximate surface area is 169 Å². The number of benzene rings is 1. The molecule has 6 heteroatoms. The number of likely N-dealkylation sites (tertiary alicyclic amines) is 1. The maximum absolute atomic E-state index is 5.37. The monoisotopic (exact) mass is 460 g/mol. The zero-order chi connectivity index (χ0) is 17.0. The molecule has 1 heterocycles. The molecule has 1 unspecified atom stereocenters. The number of hydrogen-bond donors (Lipinski definition) is 2. The lowest BCUT2D eigenvalue weighted by Gasteiger charge is -2.29. The largest absolute Gasteiger partial charge is 0.382 e. The Kier molecular flexibility index (Phi) is 11.9. The predicted molar refractivity (Wildman–Crippen MR) is 116 cm³/mol. The SMILES string of the molecule is CCOCCCNC(=NC)NCC(c1ccccc1)N1CCCC1.I. The Morgan fingerprint density at radius 1 is 1.20 bits per heavy atom. The van der Waals surface area contributed by atoms with Gasteiger partial charge in [0, 0.05) is 33.4 Å². The molecular weight excluding hydrogens is 427 g/mol. The zero-order valence-electron chi connectivity index (χ0n) is 15.5. The standard InChI is InChI=1S/C19H32N4O.HI/c1-3-24-15-9-12-21-19(20-2)22-16-18(23-13-7-8-14-23)17-10-5-4-6-11-17;/h4-6,10-11,18H,3,7-9,12-16H2,1-2H3,(H2,20,21,22);1H. The second kappa shape index (κ2) is 13.4. The smallest absolute Gasteiger partial charge is 0.191 e. The van der Waals surface area contributed by atoms with Crippen molar-refractivity contribution in [3.63, 3.8) is 0 Å². The van der Waals surface area contributed by atoms with Crippen LogP contribution < -0.4 is 10.6 Å². The maximum Gasteiger partial charge on any atom is 0.191 e. The van der Waals surface area contributed by atoms with Crippen LogP contribution in [0.4, 0.5) is 0 Å². The topological polar surface area (TPSA) is 48.9 Å². The molecule has 0 spiro atoms. The minimum Gasteiger partial charge on any atom is -0.382 e. The summed E-state index contributed by atoms with van der Waals surface area (Å²) < 4.78 is 5.37. The summed E-state index contributed by atoms with van der Waals surface area (Å²) in [6.45, 7) is 7.70. The van der Waals surface area contributed by atoms with Crippen molar-refractivity contribution in [2.75, 3.05) is 46.4 Å². The van der Waals surface area contributed by atoms with Gasteiger partial charge in [-0.2, -0.15) is 0 Å². The van der Waals surface area contributed by atoms with Gasteiger partial charge in [0.2, 0.25) is 0 Å². The van der Waals surface area contributed by atoms with Gasteiger partial charge in [0.15, 0.2) is 5.96 Å². The molecule has 2 N–H and O–H groups in total. The molecule has 1 aromatic rings. The molecule has 25 heavy (non-hydrogen) atoms. The zero-order valence-corrected chi connectivity index (χ0v) is 17.9. The van der Waals surface area contributed by atoms with Crippen molar-refractivity contribution in [3.8, 4) is 0 Å². The minimum atomic E-state index is 0. The van der Waals surface area contributed by atoms with Crippen LogP contribution in [0.3, 0.4) is 0 Å². The Morgan fingerprint density at radius 3 is 2.56 bits per heavy atom. The van der Waals surface area contributed by atoms with E-state index in [2.05, 4.69) is 50.9 Å². The quantitative estimate of drug-likeness (QED) is 0.258. The van der Waals surface area contributed by atoms with Gasteiger partial charge in [-0.3, -0.25) is 9.89 Å². The maximum atomic E-state index is 5.37. The van der Waals surface area contributed by atoms with Crippen LogP contribution in [-0.4, -0.2) is 57.3 Å². The van der Waals surface area contributed by atoms with E-state index in [1.807, 2.05) is 14.0 Å². The van der Waals surface area contributed by atoms with Crippen molar-refractivity contribution in [1.29, 1.82) is 0 Å². The number of ether oxygens (including phenoxy) is 1. The molecule has 1 atom stereocenters. The van der Waals surface area contributed by atoms with E-state index in [-0.39, 0.29) is 24.0 Å². The second-order valence-corrected chi connectivity index (χ2v) is 6.10. The first-order valence-corrected chi connectivity index (χ1v) is 9.16. The molecule has 0 aromatic heterocycles. The lowest BCUT2D eigenvalue weighted by Crippen LogP contribution is -2.43. The van der Waals surface area contributed by atoms with Crippen LogP contribution in [0.25, 0.3) is 0 Å². The fraction of sp³-hybridized carbons (Fsp3) is 0.632. The molecule has 0 bridgehead atoms. The molecule has 0 amide bonds. The van der Waals surface area contributed by atoms with Gasteiger partial charge in [0.25, 0.3) is 0 Å². The average molecular weight is 460 g/mol. The van der Waals surface area contributed by atoms with Crippen LogP contribution in [0, 0.1) is 0 Å². The van der Waals surface area contributed by atoms with E-state index in [1.54, 1.807) is 0 Å². The highest BCUT2D eigenvalue weighted by Crippen LogP contribution is 2.24. The fourth-order valence-corrected chi connectivity index (χ4v) is 3.13. The van der Waals surface area contributed by atoms with Crippen molar-refractivity contribution in [1.82, 2.24) is 15.5 Å². The second-order valence-electron chi connectivity index (χ2n) is 6.10. The van der Waals surface area contributed by atoms with Crippen LogP contribution in [0.2, 0.25) is 0 Å². The van der Waals surface area contributed by atoms with E-state index >= 15 is 0 Å². The molecule has 2 rings (SSSR count). The number of halogens is 1. The number of nitrogens with zero attached hydrogens (tertiary/aromatic N) is 2. The summed E-state index contributed by atoms with van der Waals surface area (Å²) in [5.74, 6) is 0.867.